The highest BCUT2D eigenvalue weighted by molar-refractivity contribution is 7.99. The molecule has 0 saturated heterocycles. The average Bonchev–Trinajstić information content (AvgIpc) is 3.91. The minimum Gasteiger partial charge on any atom is -0.390 e. The highest BCUT2D eigenvalue weighted by Crippen LogP contribution is 2.32. The van der Waals surface area contributed by atoms with Crippen LogP contribution < -0.4 is 10.0 Å². The van der Waals surface area contributed by atoms with Gasteiger partial charge in [-0.2, -0.15) is 10.2 Å². The van der Waals surface area contributed by atoms with Crippen LogP contribution in [0.5, 0.6) is 0 Å². The van der Waals surface area contributed by atoms with Crippen LogP contribution in [0.4, 0.5) is 11.4 Å². The number of hydrogen-bond donors (Lipinski definition) is 2. The third-order valence-corrected chi connectivity index (χ3v) is 15.0. The number of hydrazone groups is 2. The Kier molecular flexibility index (Phi) is 14.5. The number of aromatic nitrogens is 2. The monoisotopic (exact) mass is 956 g/mol. The fourth-order valence-electron chi connectivity index (χ4n) is 9.27. The van der Waals surface area contributed by atoms with E-state index >= 15 is 0 Å². The zero-order valence-corrected chi connectivity index (χ0v) is 41.1. The number of aryl methyl sites for hydroxylation is 2. The molecule has 0 aliphatic rings. The van der Waals surface area contributed by atoms with Crippen molar-refractivity contribution in [2.75, 3.05) is 34.6 Å². The fraction of sp³-hybridized carbons (Fsp3) is 0.167. The summed E-state index contributed by atoms with van der Waals surface area (Å²) in [7, 11) is 0. The molecular weight excluding hydrogens is 901 g/mol. The largest absolute Gasteiger partial charge is 0.390 e. The molecule has 350 valence electrons. The van der Waals surface area contributed by atoms with Gasteiger partial charge in [-0.25, -0.2) is 0 Å². The topological polar surface area (TPSA) is 81.5 Å². The van der Waals surface area contributed by atoms with Crippen LogP contribution in [0, 0.1) is 0 Å². The van der Waals surface area contributed by atoms with Crippen LogP contribution in [-0.2, 0) is 13.1 Å². The van der Waals surface area contributed by atoms with Gasteiger partial charge in [-0.15, -0.1) is 23.5 Å². The number of rotatable bonds is 19. The Morgan fingerprint density at radius 3 is 1.21 bits per heavy atom. The van der Waals surface area contributed by atoms with Crippen molar-refractivity contribution in [3.63, 3.8) is 0 Å². The van der Waals surface area contributed by atoms with Gasteiger partial charge in [0.05, 0.1) is 49.1 Å². The van der Waals surface area contributed by atoms with E-state index in [0.717, 1.165) is 56.5 Å². The molecule has 0 spiro atoms. The summed E-state index contributed by atoms with van der Waals surface area (Å²) in [6.07, 6.45) is 2.55. The number of para-hydroxylation sites is 4. The first-order valence-corrected chi connectivity index (χ1v) is 26.0. The van der Waals surface area contributed by atoms with E-state index in [2.05, 4.69) is 156 Å². The lowest BCUT2D eigenvalue weighted by atomic mass is 10.1. The first-order valence-electron chi connectivity index (χ1n) is 24.0. The number of benzene rings is 8. The normalized spacial score (nSPS) is 12.8. The van der Waals surface area contributed by atoms with E-state index in [1.807, 2.05) is 83.1 Å². The lowest BCUT2D eigenvalue weighted by Crippen LogP contribution is -2.30. The lowest BCUT2D eigenvalue weighted by molar-refractivity contribution is 0.204. The molecule has 0 aliphatic carbocycles. The molecule has 0 amide bonds. The molecule has 0 aliphatic heterocycles. The average molecular weight is 957 g/mol. The summed E-state index contributed by atoms with van der Waals surface area (Å²) in [5, 5.41) is 41.2. The van der Waals surface area contributed by atoms with Crippen LogP contribution in [0.2, 0.25) is 0 Å². The summed E-state index contributed by atoms with van der Waals surface area (Å²) in [6, 6.07) is 67.2. The molecule has 10 aromatic rings. The van der Waals surface area contributed by atoms with Gasteiger partial charge in [0, 0.05) is 78.0 Å². The molecule has 10 heteroatoms. The number of nitrogens with zero attached hydrogens (tertiary/aromatic N) is 6. The number of fused-ring (bicyclic) bond motifs is 6. The molecule has 8 nitrogen and oxygen atoms in total. The molecule has 0 fully saturated rings. The maximum Gasteiger partial charge on any atom is 0.0830 e. The third-order valence-electron chi connectivity index (χ3n) is 12.7. The van der Waals surface area contributed by atoms with Gasteiger partial charge < -0.3 is 19.3 Å². The van der Waals surface area contributed by atoms with Crippen molar-refractivity contribution < 1.29 is 10.2 Å². The quantitative estimate of drug-likeness (QED) is 0.0477. The molecule has 10 rings (SSSR count). The van der Waals surface area contributed by atoms with Crippen molar-refractivity contribution in [2.24, 2.45) is 10.2 Å². The maximum absolute atomic E-state index is 11.3. The van der Waals surface area contributed by atoms with Crippen molar-refractivity contribution in [1.82, 2.24) is 9.13 Å². The van der Waals surface area contributed by atoms with E-state index in [1.165, 1.54) is 43.6 Å². The molecule has 2 aromatic heterocycles. The van der Waals surface area contributed by atoms with Gasteiger partial charge in [0.1, 0.15) is 0 Å². The Balaban J connectivity index is 0.735. The summed E-state index contributed by atoms with van der Waals surface area (Å²) in [6.45, 7) is 6.88. The van der Waals surface area contributed by atoms with Gasteiger partial charge in [0.25, 0.3) is 0 Å². The first kappa shape index (κ1) is 46.6. The Hall–Kier alpha value is -7.08. The standard InChI is InChI=1S/C60H56N6O2S2/c1-3-63-57-21-13-11-19-53(57)55-35-43(23-33-59(55)63)37-61-65(47-15-7-5-8-16-47)39-49(67)41-69-51-29-25-45(26-30-51)46-27-31-52(32-28-46)70-42-50(68)40-66(48-17-9-6-10-18-48)62-38-44-24-34-60-56(36-44)54-20-12-14-22-58(54)64(60)4-2/h5-38,49-50,67-68H,3-4,39-42H2,1-2H3. The number of hydrogen-bond acceptors (Lipinski definition) is 8. The summed E-state index contributed by atoms with van der Waals surface area (Å²) < 4.78 is 4.70. The summed E-state index contributed by atoms with van der Waals surface area (Å²) in [5.41, 5.74) is 11.0. The molecule has 0 bridgehead atoms. The van der Waals surface area contributed by atoms with Crippen LogP contribution in [0.1, 0.15) is 25.0 Å². The van der Waals surface area contributed by atoms with Gasteiger partial charge in [-0.3, -0.25) is 10.0 Å². The van der Waals surface area contributed by atoms with Crippen molar-refractivity contribution in [3.05, 3.63) is 205 Å². The molecule has 2 unspecified atom stereocenters. The van der Waals surface area contributed by atoms with Crippen LogP contribution in [0.25, 0.3) is 54.7 Å². The van der Waals surface area contributed by atoms with E-state index in [1.54, 1.807) is 23.5 Å². The molecule has 0 radical (unpaired) electrons. The molecule has 0 saturated carbocycles. The minimum atomic E-state index is -0.619. The van der Waals surface area contributed by atoms with Gasteiger partial charge in [-0.05, 0) is 121 Å². The van der Waals surface area contributed by atoms with E-state index in [-0.39, 0.29) is 0 Å². The van der Waals surface area contributed by atoms with Gasteiger partial charge >= 0.3 is 0 Å². The molecule has 2 atom stereocenters. The van der Waals surface area contributed by atoms with Crippen LogP contribution in [0.3, 0.4) is 0 Å². The van der Waals surface area contributed by atoms with Crippen molar-refractivity contribution >= 4 is 90.9 Å². The number of aliphatic hydroxyl groups excluding tert-OH is 2. The summed E-state index contributed by atoms with van der Waals surface area (Å²) in [5.74, 6) is 1.05. The second-order valence-corrected chi connectivity index (χ2v) is 19.6. The zero-order chi connectivity index (χ0) is 47.8. The second-order valence-electron chi connectivity index (χ2n) is 17.4. The number of anilines is 2. The SMILES string of the molecule is CCn1c2ccccc2c2cc(C=NN(CC(O)CSc3ccc(-c4ccc(SCC(O)CN(N=Cc5ccc6c(c5)c5ccccc5n6CC)c5ccccc5)cc4)cc3)c3ccccc3)ccc21. The van der Waals surface area contributed by atoms with Gasteiger partial charge in [0.15, 0.2) is 0 Å². The summed E-state index contributed by atoms with van der Waals surface area (Å²) >= 11 is 3.28. The Bertz CT molecular complexity index is 3180. The molecule has 8 aromatic carbocycles. The van der Waals surface area contributed by atoms with Crippen LogP contribution >= 0.6 is 23.5 Å². The van der Waals surface area contributed by atoms with Crippen LogP contribution in [-0.4, -0.2) is 68.6 Å². The highest BCUT2D eigenvalue weighted by Gasteiger charge is 2.16. The molecule has 70 heavy (non-hydrogen) atoms. The molecule has 2 heterocycles. The van der Waals surface area contributed by atoms with Crippen molar-refractivity contribution in [1.29, 1.82) is 0 Å². The number of aliphatic hydroxyl groups is 2. The van der Waals surface area contributed by atoms with E-state index in [4.69, 9.17) is 10.2 Å². The van der Waals surface area contributed by atoms with E-state index in [9.17, 15) is 10.2 Å². The molecular formula is C60H56N6O2S2. The van der Waals surface area contributed by atoms with Crippen LogP contribution in [0.15, 0.2) is 214 Å². The van der Waals surface area contributed by atoms with Crippen molar-refractivity contribution in [2.45, 2.75) is 48.9 Å². The van der Waals surface area contributed by atoms with E-state index in [0.29, 0.717) is 24.6 Å². The third kappa shape index (κ3) is 10.4. The van der Waals surface area contributed by atoms with Gasteiger partial charge in [0.2, 0.25) is 0 Å². The molecule has 2 N–H and O–H groups in total. The summed E-state index contributed by atoms with van der Waals surface area (Å²) in [4.78, 5) is 2.18. The second kappa shape index (κ2) is 21.7. The van der Waals surface area contributed by atoms with Crippen molar-refractivity contribution in [3.8, 4) is 11.1 Å². The fourth-order valence-corrected chi connectivity index (χ4v) is 10.9. The zero-order valence-electron chi connectivity index (χ0n) is 39.4. The minimum absolute atomic E-state index is 0.355. The Morgan fingerprint density at radius 2 is 0.814 bits per heavy atom. The smallest absolute Gasteiger partial charge is 0.0830 e. The predicted octanol–water partition coefficient (Wildman–Crippen LogP) is 13.6. The highest BCUT2D eigenvalue weighted by atomic mass is 32.2. The predicted molar refractivity (Wildman–Crippen MR) is 298 cm³/mol. The Morgan fingerprint density at radius 1 is 0.443 bits per heavy atom. The van der Waals surface area contributed by atoms with Gasteiger partial charge in [-0.1, -0.05) is 109 Å². The van der Waals surface area contributed by atoms with E-state index < -0.39 is 12.2 Å². The maximum atomic E-state index is 11.3. The first-order chi connectivity index (χ1) is 34.4. The lowest BCUT2D eigenvalue weighted by Gasteiger charge is -2.22. The number of thioether (sulfide) groups is 2. The Labute approximate surface area is 418 Å².